The largest absolute Gasteiger partial charge is 0.343 e. The van der Waals surface area contributed by atoms with Crippen LogP contribution in [0.15, 0.2) is 36.8 Å². The molecule has 0 fully saturated rings. The third kappa shape index (κ3) is 2.29. The molecular weight excluding hydrogens is 300 g/mol. The predicted molar refractivity (Wildman–Crippen MR) is 82.5 cm³/mol. The number of hydrogen-bond acceptors (Lipinski definition) is 6. The van der Waals surface area contributed by atoms with Gasteiger partial charge in [0.1, 0.15) is 11.3 Å². The number of hydrogen-bond donors (Lipinski definition) is 2. The van der Waals surface area contributed by atoms with Gasteiger partial charge in [-0.05, 0) is 18.2 Å². The van der Waals surface area contributed by atoms with E-state index in [1.165, 1.54) is 11.3 Å². The molecule has 0 aliphatic heterocycles. The van der Waals surface area contributed by atoms with Gasteiger partial charge in [0.2, 0.25) is 0 Å². The number of thiazole rings is 1. The number of nitrogens with one attached hydrogen (secondary N) is 2. The van der Waals surface area contributed by atoms with E-state index >= 15 is 0 Å². The minimum atomic E-state index is -0.227. The van der Waals surface area contributed by atoms with Gasteiger partial charge in [-0.2, -0.15) is 0 Å². The van der Waals surface area contributed by atoms with E-state index < -0.39 is 0 Å². The number of rotatable bonds is 3. The van der Waals surface area contributed by atoms with E-state index in [0.29, 0.717) is 23.0 Å². The first-order valence-corrected chi connectivity index (χ1v) is 7.39. The highest BCUT2D eigenvalue weighted by molar-refractivity contribution is 7.20. The lowest BCUT2D eigenvalue weighted by atomic mass is 10.4. The molecule has 0 atom stereocenters. The SMILES string of the molecule is O=C(NCc1nc2ncccc2[nH]1)c1nc2cnccc2s1. The second-order valence-electron chi connectivity index (χ2n) is 4.60. The molecule has 0 aliphatic rings. The van der Waals surface area contributed by atoms with Crippen molar-refractivity contribution in [2.45, 2.75) is 6.54 Å². The number of amides is 1. The van der Waals surface area contributed by atoms with Crippen molar-refractivity contribution in [1.29, 1.82) is 0 Å². The number of carbonyl (C=O) groups excluding carboxylic acids is 1. The van der Waals surface area contributed by atoms with Crippen molar-refractivity contribution < 1.29 is 4.79 Å². The van der Waals surface area contributed by atoms with Crippen LogP contribution in [0.3, 0.4) is 0 Å². The van der Waals surface area contributed by atoms with Gasteiger partial charge in [-0.15, -0.1) is 11.3 Å². The Kier molecular flexibility index (Phi) is 3.01. The van der Waals surface area contributed by atoms with Gasteiger partial charge < -0.3 is 10.3 Å². The minimum absolute atomic E-state index is 0.227. The monoisotopic (exact) mass is 310 g/mol. The van der Waals surface area contributed by atoms with Crippen molar-refractivity contribution in [3.8, 4) is 0 Å². The van der Waals surface area contributed by atoms with E-state index in [1.807, 2.05) is 18.2 Å². The number of aromatic nitrogens is 5. The molecule has 0 aliphatic carbocycles. The van der Waals surface area contributed by atoms with E-state index in [1.54, 1.807) is 18.6 Å². The molecule has 0 saturated heterocycles. The van der Waals surface area contributed by atoms with E-state index in [0.717, 1.165) is 15.7 Å². The van der Waals surface area contributed by atoms with Crippen molar-refractivity contribution in [3.63, 3.8) is 0 Å². The Labute approximate surface area is 128 Å². The smallest absolute Gasteiger partial charge is 0.280 e. The van der Waals surface area contributed by atoms with Crippen molar-refractivity contribution in [3.05, 3.63) is 47.6 Å². The molecule has 8 heteroatoms. The summed E-state index contributed by atoms with van der Waals surface area (Å²) in [4.78, 5) is 32.0. The molecule has 0 saturated carbocycles. The molecule has 0 aromatic carbocycles. The van der Waals surface area contributed by atoms with Crippen molar-refractivity contribution in [2.24, 2.45) is 0 Å². The van der Waals surface area contributed by atoms with Crippen molar-refractivity contribution >= 4 is 38.6 Å². The van der Waals surface area contributed by atoms with Crippen LogP contribution in [0.4, 0.5) is 0 Å². The maximum absolute atomic E-state index is 12.2. The third-order valence-corrected chi connectivity index (χ3v) is 4.14. The van der Waals surface area contributed by atoms with E-state index in [4.69, 9.17) is 0 Å². The number of nitrogens with zero attached hydrogens (tertiary/aromatic N) is 4. The van der Waals surface area contributed by atoms with Crippen LogP contribution in [0.1, 0.15) is 15.6 Å². The van der Waals surface area contributed by atoms with Crippen LogP contribution in [0.25, 0.3) is 21.4 Å². The molecule has 2 N–H and O–H groups in total. The Balaban J connectivity index is 1.51. The molecular formula is C14H10N6OS. The normalized spacial score (nSPS) is 11.1. The highest BCUT2D eigenvalue weighted by atomic mass is 32.1. The second kappa shape index (κ2) is 5.15. The highest BCUT2D eigenvalue weighted by Gasteiger charge is 2.12. The maximum Gasteiger partial charge on any atom is 0.280 e. The van der Waals surface area contributed by atoms with Gasteiger partial charge in [0, 0.05) is 12.4 Å². The molecule has 1 amide bonds. The Hall–Kier alpha value is -2.87. The average molecular weight is 310 g/mol. The summed E-state index contributed by atoms with van der Waals surface area (Å²) in [5.41, 5.74) is 2.21. The van der Waals surface area contributed by atoms with E-state index in [-0.39, 0.29) is 5.91 Å². The zero-order chi connectivity index (χ0) is 14.9. The molecule has 108 valence electrons. The lowest BCUT2D eigenvalue weighted by Gasteiger charge is -1.99. The van der Waals surface area contributed by atoms with Gasteiger partial charge in [0.25, 0.3) is 5.91 Å². The Morgan fingerprint density at radius 3 is 3.09 bits per heavy atom. The fourth-order valence-electron chi connectivity index (χ4n) is 2.10. The molecule has 0 spiro atoms. The highest BCUT2D eigenvalue weighted by Crippen LogP contribution is 2.20. The zero-order valence-corrected chi connectivity index (χ0v) is 12.1. The van der Waals surface area contributed by atoms with Crippen LogP contribution >= 0.6 is 11.3 Å². The molecule has 0 unspecified atom stereocenters. The number of H-pyrrole nitrogens is 1. The first-order valence-electron chi connectivity index (χ1n) is 6.58. The molecule has 4 aromatic rings. The van der Waals surface area contributed by atoms with E-state index in [2.05, 4.69) is 30.2 Å². The first kappa shape index (κ1) is 12.8. The van der Waals surface area contributed by atoms with Crippen LogP contribution in [0, 0.1) is 0 Å². The van der Waals surface area contributed by atoms with Gasteiger partial charge in [-0.1, -0.05) is 0 Å². The summed E-state index contributed by atoms with van der Waals surface area (Å²) in [5.74, 6) is 0.430. The quantitative estimate of drug-likeness (QED) is 0.602. The summed E-state index contributed by atoms with van der Waals surface area (Å²) >= 11 is 1.34. The third-order valence-electron chi connectivity index (χ3n) is 3.11. The van der Waals surface area contributed by atoms with Crippen LogP contribution < -0.4 is 5.32 Å². The van der Waals surface area contributed by atoms with Crippen LogP contribution in [-0.2, 0) is 6.54 Å². The molecule has 7 nitrogen and oxygen atoms in total. The number of pyridine rings is 2. The zero-order valence-electron chi connectivity index (χ0n) is 11.3. The Bertz CT molecular complexity index is 909. The molecule has 0 radical (unpaired) electrons. The fraction of sp³-hybridized carbons (Fsp3) is 0.0714. The van der Waals surface area contributed by atoms with Gasteiger partial charge >= 0.3 is 0 Å². The lowest BCUT2D eigenvalue weighted by molar-refractivity contribution is 0.0950. The number of imidazole rings is 1. The summed E-state index contributed by atoms with van der Waals surface area (Å²) < 4.78 is 0.938. The van der Waals surface area contributed by atoms with Crippen molar-refractivity contribution in [1.82, 2.24) is 30.2 Å². The van der Waals surface area contributed by atoms with Gasteiger partial charge in [-0.3, -0.25) is 9.78 Å². The molecule has 4 rings (SSSR count). The summed E-state index contributed by atoms with van der Waals surface area (Å²) in [6.07, 6.45) is 5.01. The van der Waals surface area contributed by atoms with Gasteiger partial charge in [0.05, 0.1) is 23.0 Å². The maximum atomic E-state index is 12.2. The average Bonchev–Trinajstić information content (AvgIpc) is 3.15. The lowest BCUT2D eigenvalue weighted by Crippen LogP contribution is -2.23. The summed E-state index contributed by atoms with van der Waals surface area (Å²) in [7, 11) is 0. The standard InChI is InChI=1S/C14H10N6OS/c21-13(14-19-9-6-15-5-3-10(9)22-14)17-7-11-18-8-2-1-4-16-12(8)20-11/h1-6H,7H2,(H,17,21)(H,16,18,20). The molecule has 4 aromatic heterocycles. The Morgan fingerprint density at radius 1 is 1.27 bits per heavy atom. The number of fused-ring (bicyclic) bond motifs is 2. The van der Waals surface area contributed by atoms with Gasteiger partial charge in [-0.25, -0.2) is 15.0 Å². The van der Waals surface area contributed by atoms with Crippen LogP contribution in [-0.4, -0.2) is 30.8 Å². The summed E-state index contributed by atoms with van der Waals surface area (Å²) in [6, 6.07) is 5.56. The number of carbonyl (C=O) groups is 1. The van der Waals surface area contributed by atoms with Crippen LogP contribution in [0.2, 0.25) is 0 Å². The van der Waals surface area contributed by atoms with E-state index in [9.17, 15) is 4.79 Å². The molecule has 0 bridgehead atoms. The van der Waals surface area contributed by atoms with Crippen LogP contribution in [0.5, 0.6) is 0 Å². The van der Waals surface area contributed by atoms with Gasteiger partial charge in [0.15, 0.2) is 10.7 Å². The first-order chi connectivity index (χ1) is 10.8. The molecule has 22 heavy (non-hydrogen) atoms. The second-order valence-corrected chi connectivity index (χ2v) is 5.63. The van der Waals surface area contributed by atoms with Crippen molar-refractivity contribution in [2.75, 3.05) is 0 Å². The fourth-order valence-corrected chi connectivity index (χ4v) is 2.94. The number of aromatic amines is 1. The summed E-state index contributed by atoms with van der Waals surface area (Å²) in [5, 5.41) is 3.22. The minimum Gasteiger partial charge on any atom is -0.343 e. The molecule has 4 heterocycles. The topological polar surface area (TPSA) is 96.5 Å². The predicted octanol–water partition coefficient (Wildman–Crippen LogP) is 1.89. The Morgan fingerprint density at radius 2 is 2.23 bits per heavy atom. The summed E-state index contributed by atoms with van der Waals surface area (Å²) in [6.45, 7) is 0.295.